The molecule has 3 rings (SSSR count). The summed E-state index contributed by atoms with van der Waals surface area (Å²) in [4.78, 5) is 40.1. The first kappa shape index (κ1) is 26.7. The van der Waals surface area contributed by atoms with Crippen LogP contribution in [0.25, 0.3) is 0 Å². The van der Waals surface area contributed by atoms with Crippen LogP contribution >= 0.6 is 11.6 Å². The molecule has 0 radical (unpaired) electrons. The summed E-state index contributed by atoms with van der Waals surface area (Å²) in [6, 6.07) is 12.3. The van der Waals surface area contributed by atoms with Crippen molar-refractivity contribution in [1.29, 1.82) is 0 Å². The summed E-state index contributed by atoms with van der Waals surface area (Å²) < 4.78 is 26.3. The topological polar surface area (TPSA) is 104 Å². The van der Waals surface area contributed by atoms with Crippen molar-refractivity contribution in [2.24, 2.45) is 0 Å². The van der Waals surface area contributed by atoms with Gasteiger partial charge in [-0.25, -0.2) is 12.7 Å². The summed E-state index contributed by atoms with van der Waals surface area (Å²) in [6.07, 6.45) is 0.829. The predicted molar refractivity (Wildman–Crippen MR) is 133 cm³/mol. The maximum atomic E-state index is 13.2. The minimum Gasteiger partial charge on any atom is -0.352 e. The second-order valence-corrected chi connectivity index (χ2v) is 10.8. The summed E-state index contributed by atoms with van der Waals surface area (Å²) in [6.45, 7) is 5.48. The number of halogens is 1. The maximum Gasteiger partial charge on any atom is 0.269 e. The molecular formula is C25H30ClN3O5S. The van der Waals surface area contributed by atoms with E-state index in [0.29, 0.717) is 10.6 Å². The molecule has 0 aliphatic carbocycles. The molecule has 2 aromatic carbocycles. The van der Waals surface area contributed by atoms with E-state index >= 15 is 0 Å². The lowest BCUT2D eigenvalue weighted by molar-refractivity contribution is -0.141. The van der Waals surface area contributed by atoms with E-state index in [1.165, 1.54) is 17.0 Å². The first-order valence-corrected chi connectivity index (χ1v) is 13.4. The second kappa shape index (κ2) is 11.2. The Bertz CT molecular complexity index is 1220. The van der Waals surface area contributed by atoms with Crippen LogP contribution in [-0.4, -0.2) is 54.0 Å². The highest BCUT2D eigenvalue weighted by molar-refractivity contribution is 7.90. The summed E-state index contributed by atoms with van der Waals surface area (Å²) in [5, 5.41) is 3.37. The Hall–Kier alpha value is -2.91. The van der Waals surface area contributed by atoms with Crippen LogP contribution in [0, 0.1) is 0 Å². The Kier molecular flexibility index (Phi) is 8.56. The van der Waals surface area contributed by atoms with Gasteiger partial charge in [-0.3, -0.25) is 14.4 Å². The summed E-state index contributed by atoms with van der Waals surface area (Å²) in [5.74, 6) is -1.21. The monoisotopic (exact) mass is 519 g/mol. The number of amides is 3. The number of nitrogens with zero attached hydrogens (tertiary/aromatic N) is 2. The Morgan fingerprint density at radius 1 is 1.09 bits per heavy atom. The molecule has 1 N–H and O–H groups in total. The van der Waals surface area contributed by atoms with Gasteiger partial charge >= 0.3 is 0 Å². The first-order valence-electron chi connectivity index (χ1n) is 11.6. The molecule has 0 fully saturated rings. The zero-order valence-electron chi connectivity index (χ0n) is 20.0. The highest BCUT2D eigenvalue weighted by Crippen LogP contribution is 2.30. The van der Waals surface area contributed by atoms with Crippen LogP contribution in [0.1, 0.15) is 56.0 Å². The fraction of sp³-hybridized carbons (Fsp3) is 0.400. The second-order valence-electron chi connectivity index (χ2n) is 8.59. The average molecular weight is 520 g/mol. The van der Waals surface area contributed by atoms with Gasteiger partial charge < -0.3 is 10.2 Å². The molecule has 1 heterocycles. The molecule has 10 heteroatoms. The molecule has 35 heavy (non-hydrogen) atoms. The Labute approximate surface area is 211 Å². The molecule has 0 bridgehead atoms. The lowest BCUT2D eigenvalue weighted by Crippen LogP contribution is -2.49. The Morgan fingerprint density at radius 2 is 1.74 bits per heavy atom. The minimum atomic E-state index is -3.94. The maximum absolute atomic E-state index is 13.2. The van der Waals surface area contributed by atoms with E-state index in [2.05, 4.69) is 5.32 Å². The molecule has 2 atom stereocenters. The van der Waals surface area contributed by atoms with Gasteiger partial charge in [0.1, 0.15) is 10.9 Å². The quantitative estimate of drug-likeness (QED) is 0.516. The van der Waals surface area contributed by atoms with Gasteiger partial charge in [0.2, 0.25) is 11.8 Å². The van der Waals surface area contributed by atoms with Gasteiger partial charge in [0.05, 0.1) is 5.56 Å². The highest BCUT2D eigenvalue weighted by Gasteiger charge is 2.40. The van der Waals surface area contributed by atoms with Crippen molar-refractivity contribution in [3.63, 3.8) is 0 Å². The van der Waals surface area contributed by atoms with Gasteiger partial charge in [-0.15, -0.1) is 0 Å². The number of hydrogen-bond acceptors (Lipinski definition) is 5. The molecule has 1 aliphatic heterocycles. The van der Waals surface area contributed by atoms with Crippen LogP contribution in [0.15, 0.2) is 53.4 Å². The van der Waals surface area contributed by atoms with Crippen LogP contribution in [0.5, 0.6) is 0 Å². The van der Waals surface area contributed by atoms with Crippen molar-refractivity contribution in [3.8, 4) is 0 Å². The highest BCUT2D eigenvalue weighted by atomic mass is 35.5. The molecule has 8 nitrogen and oxygen atoms in total. The van der Waals surface area contributed by atoms with Gasteiger partial charge in [-0.1, -0.05) is 48.9 Å². The molecule has 0 aromatic heterocycles. The third kappa shape index (κ3) is 5.85. The lowest BCUT2D eigenvalue weighted by Gasteiger charge is -2.30. The van der Waals surface area contributed by atoms with Crippen LogP contribution in [0.4, 0.5) is 0 Å². The van der Waals surface area contributed by atoms with Gasteiger partial charge in [0, 0.05) is 30.6 Å². The Morgan fingerprint density at radius 3 is 2.40 bits per heavy atom. The van der Waals surface area contributed by atoms with Gasteiger partial charge in [-0.2, -0.15) is 0 Å². The number of fused-ring (bicyclic) bond motifs is 1. The predicted octanol–water partition coefficient (Wildman–Crippen LogP) is 3.60. The van der Waals surface area contributed by atoms with E-state index in [9.17, 15) is 22.8 Å². The number of carbonyl (C=O) groups is 3. The standard InChI is InChI=1S/C25H30ClN3O5S/c1-4-17(2)27-24(31)18(3)28(16-19-10-5-7-12-21(19)26)23(30)14-9-15-29-25(32)20-11-6-8-13-22(20)35(29,33)34/h5-8,10-13,17-18H,4,9,14-16H2,1-3H3,(H,27,31)/t17-,18+/m0/s1. The van der Waals surface area contributed by atoms with Gasteiger partial charge in [0.25, 0.3) is 15.9 Å². The van der Waals surface area contributed by atoms with E-state index in [1.807, 2.05) is 13.8 Å². The number of hydrogen-bond donors (Lipinski definition) is 1. The third-order valence-corrected chi connectivity index (χ3v) is 8.34. The van der Waals surface area contributed by atoms with E-state index in [0.717, 1.165) is 10.7 Å². The van der Waals surface area contributed by atoms with Crippen LogP contribution in [0.2, 0.25) is 5.02 Å². The number of rotatable bonds is 10. The number of benzene rings is 2. The molecule has 0 unspecified atom stereocenters. The largest absolute Gasteiger partial charge is 0.352 e. The molecule has 1 aliphatic rings. The van der Waals surface area contributed by atoms with Crippen LogP contribution in [-0.2, 0) is 26.2 Å². The molecule has 3 amide bonds. The smallest absolute Gasteiger partial charge is 0.269 e. The molecule has 0 spiro atoms. The van der Waals surface area contributed by atoms with Crippen LogP contribution in [0.3, 0.4) is 0 Å². The van der Waals surface area contributed by atoms with Crippen molar-refractivity contribution in [3.05, 3.63) is 64.7 Å². The molecular weight excluding hydrogens is 490 g/mol. The van der Waals surface area contributed by atoms with Crippen molar-refractivity contribution in [2.75, 3.05) is 6.54 Å². The molecule has 0 saturated heterocycles. The van der Waals surface area contributed by atoms with E-state index in [4.69, 9.17) is 11.6 Å². The van der Waals surface area contributed by atoms with E-state index in [1.54, 1.807) is 43.3 Å². The number of sulfonamides is 1. The SMILES string of the molecule is CC[C@H](C)NC(=O)[C@@H](C)N(Cc1ccccc1Cl)C(=O)CCCN1C(=O)c2ccccc2S1(=O)=O. The lowest BCUT2D eigenvalue weighted by atomic mass is 10.1. The van der Waals surface area contributed by atoms with Crippen molar-refractivity contribution in [1.82, 2.24) is 14.5 Å². The minimum absolute atomic E-state index is 0.0213. The first-order chi connectivity index (χ1) is 16.6. The normalized spacial score (nSPS) is 15.9. The zero-order valence-corrected chi connectivity index (χ0v) is 21.6. The fourth-order valence-electron chi connectivity index (χ4n) is 3.83. The van der Waals surface area contributed by atoms with Crippen molar-refractivity contribution < 1.29 is 22.8 Å². The summed E-state index contributed by atoms with van der Waals surface area (Å²) in [5.41, 5.74) is 0.827. The molecule has 2 aromatic rings. The van der Waals surface area contributed by atoms with Crippen molar-refractivity contribution in [2.45, 2.75) is 63.6 Å². The average Bonchev–Trinajstić information content (AvgIpc) is 3.03. The zero-order chi connectivity index (χ0) is 25.8. The molecule has 188 valence electrons. The van der Waals surface area contributed by atoms with Crippen molar-refractivity contribution >= 4 is 39.3 Å². The summed E-state index contributed by atoms with van der Waals surface area (Å²) >= 11 is 6.30. The number of carbonyl (C=O) groups excluding carboxylic acids is 3. The van der Waals surface area contributed by atoms with Gasteiger partial charge in [-0.05, 0) is 50.5 Å². The molecule has 0 saturated carbocycles. The fourth-order valence-corrected chi connectivity index (χ4v) is 5.63. The van der Waals surface area contributed by atoms with Crippen LogP contribution < -0.4 is 5.32 Å². The Balaban J connectivity index is 1.72. The number of nitrogens with one attached hydrogen (secondary N) is 1. The third-order valence-electron chi connectivity index (χ3n) is 6.13. The van der Waals surface area contributed by atoms with Gasteiger partial charge in [0.15, 0.2) is 0 Å². The van der Waals surface area contributed by atoms with E-state index < -0.39 is 22.0 Å². The van der Waals surface area contributed by atoms with E-state index in [-0.39, 0.29) is 54.2 Å². The summed E-state index contributed by atoms with van der Waals surface area (Å²) in [7, 11) is -3.94.